The summed E-state index contributed by atoms with van der Waals surface area (Å²) in [5.74, 6) is -0.205. The third-order valence-corrected chi connectivity index (χ3v) is 3.28. The van der Waals surface area contributed by atoms with E-state index >= 15 is 0 Å². The van der Waals surface area contributed by atoms with Gasteiger partial charge in [-0.25, -0.2) is 0 Å². The Bertz CT molecular complexity index is 455. The molecule has 19 heavy (non-hydrogen) atoms. The van der Waals surface area contributed by atoms with Gasteiger partial charge in [-0.3, -0.25) is 9.78 Å². The molecular formula is C13H17N3O2S. The SMILES string of the molecule is NC(=S)c1ccc(C(=O)NCC2CCCCO2)nc1. The molecule has 1 atom stereocenters. The lowest BCUT2D eigenvalue weighted by Gasteiger charge is -2.22. The smallest absolute Gasteiger partial charge is 0.269 e. The van der Waals surface area contributed by atoms with E-state index in [1.54, 1.807) is 12.1 Å². The summed E-state index contributed by atoms with van der Waals surface area (Å²) in [6.07, 6.45) is 4.88. The van der Waals surface area contributed by atoms with E-state index in [9.17, 15) is 4.79 Å². The van der Waals surface area contributed by atoms with Gasteiger partial charge in [-0.15, -0.1) is 0 Å². The number of thiocarbonyl (C=S) groups is 1. The van der Waals surface area contributed by atoms with Crippen molar-refractivity contribution in [2.75, 3.05) is 13.2 Å². The summed E-state index contributed by atoms with van der Waals surface area (Å²) in [5.41, 5.74) is 6.48. The number of nitrogens with two attached hydrogens (primary N) is 1. The first-order valence-electron chi connectivity index (χ1n) is 6.32. The number of carbonyl (C=O) groups excluding carboxylic acids is 1. The molecule has 1 aromatic rings. The zero-order chi connectivity index (χ0) is 13.7. The molecule has 1 aliphatic heterocycles. The lowest BCUT2D eigenvalue weighted by atomic mass is 10.1. The molecular weight excluding hydrogens is 262 g/mol. The monoisotopic (exact) mass is 279 g/mol. The summed E-state index contributed by atoms with van der Waals surface area (Å²) in [7, 11) is 0. The molecule has 1 amide bonds. The Morgan fingerprint density at radius 2 is 2.37 bits per heavy atom. The van der Waals surface area contributed by atoms with Gasteiger partial charge in [0.05, 0.1) is 6.10 Å². The van der Waals surface area contributed by atoms with Crippen LogP contribution in [-0.2, 0) is 4.74 Å². The van der Waals surface area contributed by atoms with Crippen molar-refractivity contribution < 1.29 is 9.53 Å². The maximum Gasteiger partial charge on any atom is 0.269 e. The molecule has 0 radical (unpaired) electrons. The quantitative estimate of drug-likeness (QED) is 0.805. The largest absolute Gasteiger partial charge is 0.389 e. The van der Waals surface area contributed by atoms with E-state index in [4.69, 9.17) is 22.7 Å². The molecule has 1 saturated heterocycles. The van der Waals surface area contributed by atoms with E-state index in [0.29, 0.717) is 17.8 Å². The number of nitrogens with one attached hydrogen (secondary N) is 1. The first-order chi connectivity index (χ1) is 9.16. The molecule has 1 unspecified atom stereocenters. The molecule has 0 aliphatic carbocycles. The highest BCUT2D eigenvalue weighted by molar-refractivity contribution is 7.80. The molecule has 1 aromatic heterocycles. The normalized spacial score (nSPS) is 18.8. The molecule has 2 heterocycles. The van der Waals surface area contributed by atoms with Gasteiger partial charge in [0.15, 0.2) is 0 Å². The minimum atomic E-state index is -0.205. The predicted molar refractivity (Wildman–Crippen MR) is 76.0 cm³/mol. The van der Waals surface area contributed by atoms with E-state index in [-0.39, 0.29) is 17.0 Å². The maximum absolute atomic E-state index is 11.9. The lowest BCUT2D eigenvalue weighted by Crippen LogP contribution is -2.35. The number of rotatable bonds is 4. The molecule has 0 spiro atoms. The third kappa shape index (κ3) is 3.97. The predicted octanol–water partition coefficient (Wildman–Crippen LogP) is 1.01. The van der Waals surface area contributed by atoms with Gasteiger partial charge in [0, 0.05) is 24.9 Å². The topological polar surface area (TPSA) is 77.2 Å². The summed E-state index contributed by atoms with van der Waals surface area (Å²) in [6, 6.07) is 3.31. The minimum absolute atomic E-state index is 0.119. The van der Waals surface area contributed by atoms with Crippen LogP contribution in [0.2, 0.25) is 0 Å². The Morgan fingerprint density at radius 3 is 2.95 bits per heavy atom. The van der Waals surface area contributed by atoms with Crippen molar-refractivity contribution in [3.63, 3.8) is 0 Å². The molecule has 3 N–H and O–H groups in total. The number of pyridine rings is 1. The van der Waals surface area contributed by atoms with Crippen LogP contribution in [0.5, 0.6) is 0 Å². The second-order valence-electron chi connectivity index (χ2n) is 4.49. The van der Waals surface area contributed by atoms with Crippen molar-refractivity contribution in [3.05, 3.63) is 29.6 Å². The number of amides is 1. The van der Waals surface area contributed by atoms with Crippen LogP contribution >= 0.6 is 12.2 Å². The molecule has 1 fully saturated rings. The Balaban J connectivity index is 1.86. The summed E-state index contributed by atoms with van der Waals surface area (Å²) < 4.78 is 5.55. The number of nitrogens with zero attached hydrogens (tertiary/aromatic N) is 1. The Hall–Kier alpha value is -1.53. The molecule has 0 bridgehead atoms. The van der Waals surface area contributed by atoms with Crippen LogP contribution in [0.4, 0.5) is 0 Å². The summed E-state index contributed by atoms with van der Waals surface area (Å²) >= 11 is 4.83. The summed E-state index contributed by atoms with van der Waals surface area (Å²) in [6.45, 7) is 1.30. The van der Waals surface area contributed by atoms with Crippen molar-refractivity contribution in [2.45, 2.75) is 25.4 Å². The molecule has 0 aromatic carbocycles. The van der Waals surface area contributed by atoms with Gasteiger partial charge in [0.25, 0.3) is 5.91 Å². The second-order valence-corrected chi connectivity index (χ2v) is 4.93. The average molecular weight is 279 g/mol. The fourth-order valence-corrected chi connectivity index (χ4v) is 2.06. The van der Waals surface area contributed by atoms with Gasteiger partial charge >= 0.3 is 0 Å². The zero-order valence-electron chi connectivity index (χ0n) is 10.6. The van der Waals surface area contributed by atoms with E-state index in [0.717, 1.165) is 25.9 Å². The van der Waals surface area contributed by atoms with Gasteiger partial charge in [0.2, 0.25) is 0 Å². The molecule has 5 nitrogen and oxygen atoms in total. The van der Waals surface area contributed by atoms with Crippen LogP contribution in [0.1, 0.15) is 35.3 Å². The highest BCUT2D eigenvalue weighted by atomic mass is 32.1. The fraction of sp³-hybridized carbons (Fsp3) is 0.462. The van der Waals surface area contributed by atoms with Crippen LogP contribution in [0, 0.1) is 0 Å². The van der Waals surface area contributed by atoms with Crippen LogP contribution in [0.15, 0.2) is 18.3 Å². The average Bonchev–Trinajstić information content (AvgIpc) is 2.46. The number of carbonyl (C=O) groups is 1. The lowest BCUT2D eigenvalue weighted by molar-refractivity contribution is 0.0168. The van der Waals surface area contributed by atoms with E-state index in [1.807, 2.05) is 0 Å². The maximum atomic E-state index is 11.9. The van der Waals surface area contributed by atoms with Crippen LogP contribution in [-0.4, -0.2) is 35.1 Å². The van der Waals surface area contributed by atoms with E-state index in [2.05, 4.69) is 10.3 Å². The van der Waals surface area contributed by atoms with Gasteiger partial charge < -0.3 is 15.8 Å². The molecule has 102 valence electrons. The van der Waals surface area contributed by atoms with Crippen molar-refractivity contribution in [1.29, 1.82) is 0 Å². The van der Waals surface area contributed by atoms with Crippen LogP contribution in [0.25, 0.3) is 0 Å². The van der Waals surface area contributed by atoms with E-state index in [1.165, 1.54) is 6.20 Å². The van der Waals surface area contributed by atoms with Crippen molar-refractivity contribution in [2.24, 2.45) is 5.73 Å². The third-order valence-electron chi connectivity index (χ3n) is 3.04. The highest BCUT2D eigenvalue weighted by Crippen LogP contribution is 2.11. The van der Waals surface area contributed by atoms with Crippen molar-refractivity contribution >= 4 is 23.1 Å². The van der Waals surface area contributed by atoms with Crippen molar-refractivity contribution in [1.82, 2.24) is 10.3 Å². The minimum Gasteiger partial charge on any atom is -0.389 e. The number of hydrogen-bond acceptors (Lipinski definition) is 4. The Kier molecular flexibility index (Phi) is 4.81. The molecule has 2 rings (SSSR count). The number of ether oxygens (including phenoxy) is 1. The molecule has 1 aliphatic rings. The van der Waals surface area contributed by atoms with Gasteiger partial charge in [-0.1, -0.05) is 12.2 Å². The van der Waals surface area contributed by atoms with Gasteiger partial charge in [-0.05, 0) is 31.4 Å². The Labute approximate surface area is 117 Å². The summed E-state index contributed by atoms with van der Waals surface area (Å²) in [5, 5.41) is 2.83. The summed E-state index contributed by atoms with van der Waals surface area (Å²) in [4.78, 5) is 16.2. The van der Waals surface area contributed by atoms with Crippen LogP contribution < -0.4 is 11.1 Å². The van der Waals surface area contributed by atoms with Gasteiger partial charge in [-0.2, -0.15) is 0 Å². The highest BCUT2D eigenvalue weighted by Gasteiger charge is 2.15. The van der Waals surface area contributed by atoms with E-state index < -0.39 is 0 Å². The number of aromatic nitrogens is 1. The van der Waals surface area contributed by atoms with Crippen molar-refractivity contribution in [3.8, 4) is 0 Å². The second kappa shape index (κ2) is 6.58. The standard InChI is InChI=1S/C13H17N3O2S/c14-12(19)9-4-5-11(15-7-9)13(17)16-8-10-3-1-2-6-18-10/h4-5,7,10H,1-3,6,8H2,(H2,14,19)(H,16,17). The van der Waals surface area contributed by atoms with Crippen LogP contribution in [0.3, 0.4) is 0 Å². The van der Waals surface area contributed by atoms with Gasteiger partial charge in [0.1, 0.15) is 10.7 Å². The first-order valence-corrected chi connectivity index (χ1v) is 6.73. The zero-order valence-corrected chi connectivity index (χ0v) is 11.4. The first kappa shape index (κ1) is 13.9. The molecule has 0 saturated carbocycles. The number of hydrogen-bond donors (Lipinski definition) is 2. The fourth-order valence-electron chi connectivity index (χ4n) is 1.94. The Morgan fingerprint density at radius 1 is 1.53 bits per heavy atom. The molecule has 6 heteroatoms.